The first-order chi connectivity index (χ1) is 10.8. The highest BCUT2D eigenvalue weighted by molar-refractivity contribution is 7.22. The van der Waals surface area contributed by atoms with Crippen molar-refractivity contribution in [1.29, 1.82) is 0 Å². The van der Waals surface area contributed by atoms with Crippen molar-refractivity contribution in [2.45, 2.75) is 0 Å². The minimum atomic E-state index is 0.550. The summed E-state index contributed by atoms with van der Waals surface area (Å²) < 4.78 is 17.2. The van der Waals surface area contributed by atoms with Crippen LogP contribution in [0.2, 0.25) is 0 Å². The van der Waals surface area contributed by atoms with Gasteiger partial charge in [-0.05, 0) is 12.1 Å². The summed E-state index contributed by atoms with van der Waals surface area (Å²) in [6, 6.07) is 11.8. The van der Waals surface area contributed by atoms with Gasteiger partial charge in [0.1, 0.15) is 5.52 Å². The Bertz CT molecular complexity index is 787. The molecule has 0 saturated heterocycles. The molecule has 1 heterocycles. The summed E-state index contributed by atoms with van der Waals surface area (Å²) in [4.78, 5) is 4.61. The van der Waals surface area contributed by atoms with Crippen molar-refractivity contribution < 1.29 is 14.2 Å². The van der Waals surface area contributed by atoms with Crippen molar-refractivity contribution in [3.8, 4) is 17.2 Å². The first-order valence-corrected chi connectivity index (χ1v) is 7.50. The Morgan fingerprint density at radius 2 is 1.68 bits per heavy atom. The van der Waals surface area contributed by atoms with Crippen LogP contribution in [0.4, 0.5) is 10.8 Å². The molecule has 5 nitrogen and oxygen atoms in total. The van der Waals surface area contributed by atoms with E-state index in [4.69, 9.17) is 14.2 Å². The molecular formula is C16H16N2O3S. The van der Waals surface area contributed by atoms with Crippen LogP contribution in [0.5, 0.6) is 17.2 Å². The standard InChI is InChI=1S/C16H16N2O3S/c1-19-11-9-12-13(15(21-3)14(11)20-2)18-16(22-12)17-10-7-5-4-6-8-10/h4-9H,1-3H3,(H,17,18). The number of benzene rings is 2. The SMILES string of the molecule is COc1cc2sc(Nc3ccccc3)nc2c(OC)c1OC. The zero-order chi connectivity index (χ0) is 15.5. The Labute approximate surface area is 132 Å². The second kappa shape index (κ2) is 6.11. The van der Waals surface area contributed by atoms with Gasteiger partial charge in [0.2, 0.25) is 5.75 Å². The molecule has 0 fully saturated rings. The molecule has 1 N–H and O–H groups in total. The molecule has 0 aliphatic carbocycles. The third-order valence-corrected chi connectivity index (χ3v) is 4.13. The molecular weight excluding hydrogens is 300 g/mol. The predicted molar refractivity (Wildman–Crippen MR) is 89.0 cm³/mol. The van der Waals surface area contributed by atoms with E-state index >= 15 is 0 Å². The van der Waals surface area contributed by atoms with Crippen molar-refractivity contribution in [3.63, 3.8) is 0 Å². The van der Waals surface area contributed by atoms with E-state index in [-0.39, 0.29) is 0 Å². The number of nitrogens with one attached hydrogen (secondary N) is 1. The van der Waals surface area contributed by atoms with Gasteiger partial charge < -0.3 is 19.5 Å². The number of ether oxygens (including phenoxy) is 3. The molecule has 3 aromatic rings. The lowest BCUT2D eigenvalue weighted by Crippen LogP contribution is -1.95. The van der Waals surface area contributed by atoms with Crippen LogP contribution >= 0.6 is 11.3 Å². The van der Waals surface area contributed by atoms with Crippen LogP contribution in [-0.2, 0) is 0 Å². The number of hydrogen-bond donors (Lipinski definition) is 1. The van der Waals surface area contributed by atoms with Crippen molar-refractivity contribution in [2.24, 2.45) is 0 Å². The number of anilines is 2. The topological polar surface area (TPSA) is 52.6 Å². The van der Waals surface area contributed by atoms with Crippen LogP contribution in [0.25, 0.3) is 10.2 Å². The number of aromatic nitrogens is 1. The number of hydrogen-bond acceptors (Lipinski definition) is 6. The average molecular weight is 316 g/mol. The molecule has 0 bridgehead atoms. The van der Waals surface area contributed by atoms with Crippen molar-refractivity contribution in [2.75, 3.05) is 26.6 Å². The summed E-state index contributed by atoms with van der Waals surface area (Å²) in [5.74, 6) is 1.75. The van der Waals surface area contributed by atoms with Crippen molar-refractivity contribution in [1.82, 2.24) is 4.98 Å². The maximum atomic E-state index is 5.47. The maximum Gasteiger partial charge on any atom is 0.205 e. The van der Waals surface area contributed by atoms with Gasteiger partial charge in [0.05, 0.1) is 26.0 Å². The molecule has 0 amide bonds. The predicted octanol–water partition coefficient (Wildman–Crippen LogP) is 4.07. The van der Waals surface area contributed by atoms with E-state index in [0.29, 0.717) is 17.2 Å². The van der Waals surface area contributed by atoms with E-state index in [2.05, 4.69) is 10.3 Å². The van der Waals surface area contributed by atoms with Crippen molar-refractivity contribution >= 4 is 32.4 Å². The molecule has 0 spiro atoms. The number of para-hydroxylation sites is 1. The number of rotatable bonds is 5. The van der Waals surface area contributed by atoms with E-state index in [1.165, 1.54) is 11.3 Å². The third kappa shape index (κ3) is 2.53. The number of fused-ring (bicyclic) bond motifs is 1. The molecule has 0 atom stereocenters. The summed E-state index contributed by atoms with van der Waals surface area (Å²) >= 11 is 1.53. The van der Waals surface area contributed by atoms with Gasteiger partial charge in [-0.2, -0.15) is 0 Å². The maximum absolute atomic E-state index is 5.47. The van der Waals surface area contributed by atoms with Crippen LogP contribution in [-0.4, -0.2) is 26.3 Å². The summed E-state index contributed by atoms with van der Waals surface area (Å²) in [5, 5.41) is 4.08. The summed E-state index contributed by atoms with van der Waals surface area (Å²) in [5.41, 5.74) is 1.74. The quantitative estimate of drug-likeness (QED) is 0.769. The second-order valence-electron chi connectivity index (χ2n) is 4.50. The molecule has 0 unspecified atom stereocenters. The van der Waals surface area contributed by atoms with Gasteiger partial charge in [0.15, 0.2) is 16.6 Å². The molecule has 114 valence electrons. The van der Waals surface area contributed by atoms with Gasteiger partial charge in [-0.3, -0.25) is 0 Å². The zero-order valence-corrected chi connectivity index (χ0v) is 13.4. The largest absolute Gasteiger partial charge is 0.493 e. The van der Waals surface area contributed by atoms with Gasteiger partial charge in [0, 0.05) is 11.8 Å². The van der Waals surface area contributed by atoms with Gasteiger partial charge in [-0.25, -0.2) is 4.98 Å². The van der Waals surface area contributed by atoms with E-state index in [1.54, 1.807) is 21.3 Å². The van der Waals surface area contributed by atoms with Gasteiger partial charge in [0.25, 0.3) is 0 Å². The van der Waals surface area contributed by atoms with Crippen molar-refractivity contribution in [3.05, 3.63) is 36.4 Å². The molecule has 0 aliphatic heterocycles. The highest BCUT2D eigenvalue weighted by Crippen LogP contribution is 2.45. The fraction of sp³-hybridized carbons (Fsp3) is 0.188. The smallest absolute Gasteiger partial charge is 0.205 e. The van der Waals surface area contributed by atoms with Gasteiger partial charge >= 0.3 is 0 Å². The molecule has 2 aromatic carbocycles. The summed E-state index contributed by atoms with van der Waals surface area (Å²) in [6.45, 7) is 0. The van der Waals surface area contributed by atoms with E-state index in [1.807, 2.05) is 36.4 Å². The van der Waals surface area contributed by atoms with Crippen LogP contribution in [0.3, 0.4) is 0 Å². The monoisotopic (exact) mass is 316 g/mol. The lowest BCUT2D eigenvalue weighted by Gasteiger charge is -2.11. The Kier molecular flexibility index (Phi) is 4.02. The van der Waals surface area contributed by atoms with Gasteiger partial charge in [-0.1, -0.05) is 29.5 Å². The van der Waals surface area contributed by atoms with E-state index < -0.39 is 0 Å². The highest BCUT2D eigenvalue weighted by Gasteiger charge is 2.19. The first-order valence-electron chi connectivity index (χ1n) is 6.68. The minimum Gasteiger partial charge on any atom is -0.493 e. The fourth-order valence-corrected chi connectivity index (χ4v) is 3.14. The molecule has 0 radical (unpaired) electrons. The summed E-state index contributed by atoms with van der Waals surface area (Å²) in [7, 11) is 4.79. The van der Waals surface area contributed by atoms with Crippen LogP contribution in [0.15, 0.2) is 36.4 Å². The first kappa shape index (κ1) is 14.5. The Hall–Kier alpha value is -2.47. The molecule has 0 saturated carbocycles. The molecule has 22 heavy (non-hydrogen) atoms. The molecule has 1 aromatic heterocycles. The number of thiazole rings is 1. The molecule has 3 rings (SSSR count). The fourth-order valence-electron chi connectivity index (χ4n) is 2.23. The zero-order valence-electron chi connectivity index (χ0n) is 12.5. The van der Waals surface area contributed by atoms with E-state index in [9.17, 15) is 0 Å². The lowest BCUT2D eigenvalue weighted by molar-refractivity contribution is 0.327. The van der Waals surface area contributed by atoms with Crippen LogP contribution < -0.4 is 19.5 Å². The third-order valence-electron chi connectivity index (χ3n) is 3.21. The average Bonchev–Trinajstić information content (AvgIpc) is 2.95. The molecule has 6 heteroatoms. The Balaban J connectivity index is 2.09. The second-order valence-corrected chi connectivity index (χ2v) is 5.53. The van der Waals surface area contributed by atoms with E-state index in [0.717, 1.165) is 21.0 Å². The number of methoxy groups -OCH3 is 3. The molecule has 0 aliphatic rings. The lowest BCUT2D eigenvalue weighted by atomic mass is 10.2. The normalized spacial score (nSPS) is 10.5. The Morgan fingerprint density at radius 3 is 2.32 bits per heavy atom. The minimum absolute atomic E-state index is 0.550. The Morgan fingerprint density at radius 1 is 0.955 bits per heavy atom. The van der Waals surface area contributed by atoms with Gasteiger partial charge in [-0.15, -0.1) is 0 Å². The van der Waals surface area contributed by atoms with Crippen LogP contribution in [0.1, 0.15) is 0 Å². The number of nitrogens with zero attached hydrogens (tertiary/aromatic N) is 1. The summed E-state index contributed by atoms with van der Waals surface area (Å²) in [6.07, 6.45) is 0. The van der Waals surface area contributed by atoms with Crippen LogP contribution in [0, 0.1) is 0 Å². The highest BCUT2D eigenvalue weighted by atomic mass is 32.1.